The van der Waals surface area contributed by atoms with Gasteiger partial charge in [0.15, 0.2) is 5.43 Å². The summed E-state index contributed by atoms with van der Waals surface area (Å²) in [5.41, 5.74) is 1.13. The number of alkyl halides is 1. The first-order valence-corrected chi connectivity index (χ1v) is 6.29. The summed E-state index contributed by atoms with van der Waals surface area (Å²) in [6, 6.07) is 6.44. The van der Waals surface area contributed by atoms with Crippen LogP contribution in [-0.4, -0.2) is 26.6 Å². The number of benzene rings is 1. The van der Waals surface area contributed by atoms with Crippen LogP contribution in [0.2, 0.25) is 0 Å². The van der Waals surface area contributed by atoms with Gasteiger partial charge in [0.05, 0.1) is 6.10 Å². The number of H-pyrrole nitrogens is 1. The molecule has 5 heteroatoms. The summed E-state index contributed by atoms with van der Waals surface area (Å²) in [4.78, 5) is 14.6. The molecular formula is C12H12BrNO3. The average molecular weight is 298 g/mol. The highest BCUT2D eigenvalue weighted by Gasteiger charge is 2.17. The van der Waals surface area contributed by atoms with E-state index in [4.69, 9.17) is 0 Å². The van der Waals surface area contributed by atoms with Crippen molar-refractivity contribution < 1.29 is 10.2 Å². The van der Waals surface area contributed by atoms with Gasteiger partial charge < -0.3 is 15.2 Å². The third-order valence-corrected chi connectivity index (χ3v) is 3.31. The molecule has 0 aliphatic rings. The number of aromatic amines is 1. The highest BCUT2D eigenvalue weighted by atomic mass is 79.9. The number of fused-ring (bicyclic) bond motifs is 1. The molecule has 2 rings (SSSR count). The molecule has 1 aromatic heterocycles. The lowest BCUT2D eigenvalue weighted by Crippen LogP contribution is -2.19. The molecule has 0 saturated heterocycles. The Kier molecular flexibility index (Phi) is 3.61. The Labute approximate surface area is 106 Å². The fourth-order valence-electron chi connectivity index (χ4n) is 1.68. The molecule has 0 amide bonds. The van der Waals surface area contributed by atoms with Crippen LogP contribution in [0.4, 0.5) is 0 Å². The monoisotopic (exact) mass is 297 g/mol. The van der Waals surface area contributed by atoms with Crippen molar-refractivity contribution in [3.63, 3.8) is 0 Å². The fraction of sp³-hybridized carbons (Fsp3) is 0.250. The Morgan fingerprint density at radius 1 is 1.29 bits per heavy atom. The summed E-state index contributed by atoms with van der Waals surface area (Å²) >= 11 is 3.10. The molecule has 0 aliphatic carbocycles. The molecule has 0 radical (unpaired) electrons. The van der Waals surface area contributed by atoms with Gasteiger partial charge in [0.2, 0.25) is 0 Å². The zero-order valence-corrected chi connectivity index (χ0v) is 10.5. The van der Waals surface area contributed by atoms with E-state index in [1.54, 1.807) is 24.4 Å². The Bertz CT molecular complexity index is 581. The summed E-state index contributed by atoms with van der Waals surface area (Å²) in [6.45, 7) is 0. The Hall–Kier alpha value is -1.17. The molecule has 3 N–H and O–H groups in total. The number of aliphatic hydroxyl groups is 2. The van der Waals surface area contributed by atoms with Crippen LogP contribution in [0, 0.1) is 0 Å². The Morgan fingerprint density at radius 3 is 2.76 bits per heavy atom. The largest absolute Gasteiger partial charge is 0.389 e. The van der Waals surface area contributed by atoms with Gasteiger partial charge in [-0.05, 0) is 17.7 Å². The van der Waals surface area contributed by atoms with E-state index in [9.17, 15) is 15.0 Å². The maximum absolute atomic E-state index is 11.6. The maximum atomic E-state index is 11.6. The number of hydrogen-bond donors (Lipinski definition) is 3. The first kappa shape index (κ1) is 12.3. The van der Waals surface area contributed by atoms with Crippen molar-refractivity contribution >= 4 is 26.8 Å². The highest BCUT2D eigenvalue weighted by Crippen LogP contribution is 2.20. The standard InChI is InChI=1S/C12H12BrNO3/c13-6-11(16)12(17)7-1-2-9-8(5-7)10(15)3-4-14-9/h1-5,11-12,16-17H,6H2,(H,14,15). The molecule has 2 aromatic rings. The number of hydrogen-bond acceptors (Lipinski definition) is 3. The van der Waals surface area contributed by atoms with E-state index in [1.807, 2.05) is 0 Å². The smallest absolute Gasteiger partial charge is 0.189 e. The number of pyridine rings is 1. The van der Waals surface area contributed by atoms with E-state index >= 15 is 0 Å². The van der Waals surface area contributed by atoms with E-state index in [-0.39, 0.29) is 10.8 Å². The normalized spacial score (nSPS) is 14.8. The Balaban J connectivity index is 2.51. The molecule has 0 bridgehead atoms. The van der Waals surface area contributed by atoms with Crippen molar-refractivity contribution in [3.05, 3.63) is 46.2 Å². The molecule has 4 nitrogen and oxygen atoms in total. The minimum absolute atomic E-state index is 0.110. The lowest BCUT2D eigenvalue weighted by Gasteiger charge is -2.16. The number of aromatic nitrogens is 1. The van der Waals surface area contributed by atoms with Crippen LogP contribution < -0.4 is 5.43 Å². The van der Waals surface area contributed by atoms with E-state index in [0.29, 0.717) is 16.5 Å². The highest BCUT2D eigenvalue weighted by molar-refractivity contribution is 9.09. The van der Waals surface area contributed by atoms with Crippen LogP contribution in [0.3, 0.4) is 0 Å². The lowest BCUT2D eigenvalue weighted by molar-refractivity contribution is 0.0343. The summed E-state index contributed by atoms with van der Waals surface area (Å²) in [7, 11) is 0. The molecule has 2 atom stereocenters. The predicted octanol–water partition coefficient (Wildman–Crippen LogP) is 1.32. The number of rotatable bonds is 3. The average Bonchev–Trinajstić information content (AvgIpc) is 2.37. The van der Waals surface area contributed by atoms with Crippen molar-refractivity contribution in [2.45, 2.75) is 12.2 Å². The zero-order valence-electron chi connectivity index (χ0n) is 8.93. The molecule has 0 fully saturated rings. The molecular weight excluding hydrogens is 286 g/mol. The maximum Gasteiger partial charge on any atom is 0.189 e. The molecule has 17 heavy (non-hydrogen) atoms. The molecule has 0 saturated carbocycles. The van der Waals surface area contributed by atoms with Gasteiger partial charge in [-0.2, -0.15) is 0 Å². The summed E-state index contributed by atoms with van der Waals surface area (Å²) in [5.74, 6) is 0. The van der Waals surface area contributed by atoms with Crippen LogP contribution in [0.5, 0.6) is 0 Å². The lowest BCUT2D eigenvalue weighted by atomic mass is 10.0. The molecule has 1 heterocycles. The second-order valence-electron chi connectivity index (χ2n) is 3.81. The quantitative estimate of drug-likeness (QED) is 0.748. The second-order valence-corrected chi connectivity index (χ2v) is 4.46. The summed E-state index contributed by atoms with van der Waals surface area (Å²) in [6.07, 6.45) is -0.317. The van der Waals surface area contributed by atoms with Gasteiger partial charge in [-0.3, -0.25) is 4.79 Å². The number of aliphatic hydroxyl groups excluding tert-OH is 2. The van der Waals surface area contributed by atoms with Gasteiger partial charge in [0, 0.05) is 28.5 Å². The number of nitrogens with one attached hydrogen (secondary N) is 1. The third-order valence-electron chi connectivity index (χ3n) is 2.65. The third kappa shape index (κ3) is 2.41. The van der Waals surface area contributed by atoms with Crippen molar-refractivity contribution in [3.8, 4) is 0 Å². The van der Waals surface area contributed by atoms with Crippen molar-refractivity contribution in [1.82, 2.24) is 4.98 Å². The van der Waals surface area contributed by atoms with Crippen molar-refractivity contribution in [2.75, 3.05) is 5.33 Å². The van der Waals surface area contributed by atoms with Crippen LogP contribution in [0.15, 0.2) is 35.3 Å². The first-order chi connectivity index (χ1) is 8.13. The van der Waals surface area contributed by atoms with Crippen LogP contribution >= 0.6 is 15.9 Å². The van der Waals surface area contributed by atoms with E-state index in [0.717, 1.165) is 0 Å². The van der Waals surface area contributed by atoms with Crippen LogP contribution in [-0.2, 0) is 0 Å². The fourth-order valence-corrected chi connectivity index (χ4v) is 2.03. The predicted molar refractivity (Wildman–Crippen MR) is 69.3 cm³/mol. The number of halogens is 1. The van der Waals surface area contributed by atoms with Gasteiger partial charge in [-0.15, -0.1) is 0 Å². The molecule has 0 aliphatic heterocycles. The minimum Gasteiger partial charge on any atom is -0.389 e. The minimum atomic E-state index is -1.00. The summed E-state index contributed by atoms with van der Waals surface area (Å²) < 4.78 is 0. The molecule has 1 aromatic carbocycles. The van der Waals surface area contributed by atoms with Gasteiger partial charge in [0.1, 0.15) is 6.10 Å². The first-order valence-electron chi connectivity index (χ1n) is 5.17. The van der Waals surface area contributed by atoms with E-state index in [2.05, 4.69) is 20.9 Å². The van der Waals surface area contributed by atoms with Gasteiger partial charge >= 0.3 is 0 Å². The van der Waals surface area contributed by atoms with Gasteiger partial charge in [-0.25, -0.2) is 0 Å². The topological polar surface area (TPSA) is 73.3 Å². The van der Waals surface area contributed by atoms with E-state index in [1.165, 1.54) is 6.07 Å². The molecule has 0 spiro atoms. The zero-order chi connectivity index (χ0) is 12.4. The van der Waals surface area contributed by atoms with Gasteiger partial charge in [-0.1, -0.05) is 22.0 Å². The Morgan fingerprint density at radius 2 is 2.06 bits per heavy atom. The van der Waals surface area contributed by atoms with Crippen LogP contribution in [0.1, 0.15) is 11.7 Å². The second kappa shape index (κ2) is 5.00. The van der Waals surface area contributed by atoms with E-state index < -0.39 is 12.2 Å². The van der Waals surface area contributed by atoms with Gasteiger partial charge in [0.25, 0.3) is 0 Å². The van der Waals surface area contributed by atoms with Crippen LogP contribution in [0.25, 0.3) is 10.9 Å². The SMILES string of the molecule is O=c1cc[nH]c2ccc(C(O)C(O)CBr)cc12. The van der Waals surface area contributed by atoms with Crippen molar-refractivity contribution in [1.29, 1.82) is 0 Å². The molecule has 90 valence electrons. The van der Waals surface area contributed by atoms with Crippen molar-refractivity contribution in [2.24, 2.45) is 0 Å². The molecule has 2 unspecified atom stereocenters. The summed E-state index contributed by atoms with van der Waals surface area (Å²) in [5, 5.41) is 20.2.